The molecular weight excluding hydrogens is 587 g/mol. The Kier molecular flexibility index (Phi) is 10.0. The first kappa shape index (κ1) is 35.6. The van der Waals surface area contributed by atoms with Gasteiger partial charge in [0.25, 0.3) is 0 Å². The van der Waals surface area contributed by atoms with Crippen LogP contribution in [0.15, 0.2) is 45.6 Å². The number of hydrogen-bond acceptors (Lipinski definition) is 6. The molecule has 240 valence electrons. The summed E-state index contributed by atoms with van der Waals surface area (Å²) in [4.78, 5) is 15.7. The highest BCUT2D eigenvalue weighted by Gasteiger charge is 2.40. The zero-order valence-corrected chi connectivity index (χ0v) is 32.6. The Hall–Kier alpha value is -1.92. The highest BCUT2D eigenvalue weighted by Crippen LogP contribution is 2.39. The summed E-state index contributed by atoms with van der Waals surface area (Å²) >= 11 is 0. The average Bonchev–Trinajstić information content (AvgIpc) is 2.83. The van der Waals surface area contributed by atoms with Gasteiger partial charge in [-0.3, -0.25) is 4.79 Å². The predicted molar refractivity (Wildman–Crippen MR) is 191 cm³/mol. The van der Waals surface area contributed by atoms with E-state index in [0.29, 0.717) is 41.8 Å². The van der Waals surface area contributed by atoms with Crippen LogP contribution in [0.5, 0.6) is 5.75 Å². The smallest absolute Gasteiger partial charge is 0.250 e. The van der Waals surface area contributed by atoms with E-state index in [-0.39, 0.29) is 20.5 Å². The van der Waals surface area contributed by atoms with Crippen LogP contribution in [0.4, 0.5) is 5.69 Å². The van der Waals surface area contributed by atoms with Gasteiger partial charge >= 0.3 is 0 Å². The van der Waals surface area contributed by atoms with E-state index in [2.05, 4.69) is 106 Å². The molecule has 3 aromatic rings. The number of fused-ring (bicyclic) bond motifs is 2. The molecule has 0 saturated carbocycles. The summed E-state index contributed by atoms with van der Waals surface area (Å²) < 4.78 is 26.2. The molecule has 0 spiro atoms. The van der Waals surface area contributed by atoms with Gasteiger partial charge in [0.1, 0.15) is 23.6 Å². The molecule has 0 unspecified atom stereocenters. The Labute approximate surface area is 263 Å². The molecule has 0 atom stereocenters. The summed E-state index contributed by atoms with van der Waals surface area (Å²) in [6.45, 7) is 35.4. The maximum atomic E-state index is 13.5. The van der Waals surface area contributed by atoms with Crippen LogP contribution in [-0.2, 0) is 8.85 Å². The summed E-state index contributed by atoms with van der Waals surface area (Å²) in [7, 11) is -5.96. The van der Waals surface area contributed by atoms with Gasteiger partial charge in [-0.25, -0.2) is 0 Å². The molecule has 43 heavy (non-hydrogen) atoms. The van der Waals surface area contributed by atoms with E-state index >= 15 is 0 Å². The fraction of sp³-hybridized carbons (Fsp3) is 0.618. The van der Waals surface area contributed by atoms with Crippen LogP contribution in [0.25, 0.3) is 21.9 Å². The minimum absolute atomic E-state index is 0.0352. The molecule has 0 aliphatic heterocycles. The fourth-order valence-corrected chi connectivity index (χ4v) is 6.85. The quantitative estimate of drug-likeness (QED) is 0.124. The van der Waals surface area contributed by atoms with Crippen LogP contribution in [0, 0.1) is 0 Å². The number of anilines is 1. The van der Waals surface area contributed by atoms with Gasteiger partial charge in [0, 0.05) is 24.4 Å². The van der Waals surface area contributed by atoms with Crippen molar-refractivity contribution in [2.45, 2.75) is 117 Å². The van der Waals surface area contributed by atoms with Crippen molar-refractivity contribution < 1.29 is 17.7 Å². The molecule has 1 heterocycles. The zero-order valence-electron chi connectivity index (χ0n) is 29.6. The average molecular weight is 644 g/mol. The van der Waals surface area contributed by atoms with Gasteiger partial charge in [-0.1, -0.05) is 62.3 Å². The topological polar surface area (TPSA) is 61.1 Å². The molecule has 2 aromatic carbocycles. The lowest BCUT2D eigenvalue weighted by molar-refractivity contribution is 0.256. The Morgan fingerprint density at radius 2 is 1.16 bits per heavy atom. The van der Waals surface area contributed by atoms with Crippen LogP contribution < -0.4 is 14.8 Å². The fourth-order valence-electron chi connectivity index (χ4n) is 3.88. The van der Waals surface area contributed by atoms with E-state index in [1.54, 1.807) is 0 Å². The van der Waals surface area contributed by atoms with Crippen LogP contribution in [0.1, 0.15) is 62.3 Å². The molecule has 9 heteroatoms. The number of benzene rings is 2. The second-order valence-corrected chi connectivity index (χ2v) is 30.9. The maximum absolute atomic E-state index is 13.5. The Morgan fingerprint density at radius 1 is 0.674 bits per heavy atom. The Balaban J connectivity index is 2.01. The Bertz CT molecular complexity index is 1490. The number of nitrogens with zero attached hydrogens (tertiary/aromatic N) is 1. The van der Waals surface area contributed by atoms with Crippen molar-refractivity contribution in [1.29, 1.82) is 0 Å². The molecule has 0 amide bonds. The van der Waals surface area contributed by atoms with Crippen molar-refractivity contribution in [3.05, 3.63) is 46.6 Å². The lowest BCUT2D eigenvalue weighted by atomic mass is 10.1. The molecule has 3 rings (SSSR count). The third-order valence-corrected chi connectivity index (χ3v) is 23.5. The largest absolute Gasteiger partial charge is 0.543 e. The van der Waals surface area contributed by atoms with Gasteiger partial charge in [-0.2, -0.15) is 0 Å². The van der Waals surface area contributed by atoms with Crippen molar-refractivity contribution >= 4 is 52.6 Å². The van der Waals surface area contributed by atoms with Gasteiger partial charge < -0.3 is 22.6 Å². The highest BCUT2D eigenvalue weighted by molar-refractivity contribution is 6.75. The van der Waals surface area contributed by atoms with E-state index < -0.39 is 25.0 Å². The Morgan fingerprint density at radius 3 is 1.70 bits per heavy atom. The first-order valence-electron chi connectivity index (χ1n) is 15.6. The summed E-state index contributed by atoms with van der Waals surface area (Å²) in [5, 5.41) is 1.41. The van der Waals surface area contributed by atoms with E-state index in [0.717, 1.165) is 11.4 Å². The molecule has 1 aromatic heterocycles. The molecule has 0 radical (unpaired) electrons. The van der Waals surface area contributed by atoms with Crippen molar-refractivity contribution in [2.24, 2.45) is 0 Å². The molecule has 0 aliphatic carbocycles. The van der Waals surface area contributed by atoms with E-state index in [1.165, 1.54) is 0 Å². The lowest BCUT2D eigenvalue weighted by Crippen LogP contribution is -2.46. The molecule has 0 bridgehead atoms. The molecule has 0 fully saturated rings. The monoisotopic (exact) mass is 643 g/mol. The summed E-state index contributed by atoms with van der Waals surface area (Å²) in [6.07, 6.45) is 0. The summed E-state index contributed by atoms with van der Waals surface area (Å²) in [6, 6.07) is 11.4. The minimum Gasteiger partial charge on any atom is -0.543 e. The standard InChI is InChI=1S/C34H57NO5Si3/c1-32(2,3)41(10,11)37-21-20-35(24-38-42(12,13)33(4,5)6)25-16-18-27-29(22-25)39-30-23-26(17-19-28(30)31(27)36)40-43(14,15)34(7,8)9/h16-19,22-23H,20-21,24H2,1-15H3. The second kappa shape index (κ2) is 12.1. The first-order chi connectivity index (χ1) is 19.4. The van der Waals surface area contributed by atoms with Gasteiger partial charge in [-0.05, 0) is 78.7 Å². The van der Waals surface area contributed by atoms with Crippen LogP contribution in [0.3, 0.4) is 0 Å². The minimum atomic E-state index is -2.05. The van der Waals surface area contributed by atoms with Crippen molar-refractivity contribution in [3.63, 3.8) is 0 Å². The zero-order chi connectivity index (χ0) is 32.8. The van der Waals surface area contributed by atoms with Gasteiger partial charge in [0.2, 0.25) is 13.7 Å². The summed E-state index contributed by atoms with van der Waals surface area (Å²) in [5.74, 6) is 0.741. The number of rotatable bonds is 10. The van der Waals surface area contributed by atoms with Crippen molar-refractivity contribution in [1.82, 2.24) is 0 Å². The third kappa shape index (κ3) is 8.03. The van der Waals surface area contributed by atoms with Gasteiger partial charge in [-0.15, -0.1) is 0 Å². The molecule has 0 aliphatic rings. The van der Waals surface area contributed by atoms with E-state index in [1.807, 2.05) is 36.4 Å². The highest BCUT2D eigenvalue weighted by atomic mass is 28.4. The van der Waals surface area contributed by atoms with Crippen molar-refractivity contribution in [2.75, 3.05) is 24.8 Å². The predicted octanol–water partition coefficient (Wildman–Crippen LogP) is 10.1. The van der Waals surface area contributed by atoms with E-state index in [9.17, 15) is 4.79 Å². The normalized spacial score (nSPS) is 14.0. The second-order valence-electron chi connectivity index (χ2n) is 16.5. The van der Waals surface area contributed by atoms with Crippen molar-refractivity contribution in [3.8, 4) is 5.75 Å². The van der Waals surface area contributed by atoms with Gasteiger partial charge in [0.05, 0.1) is 17.4 Å². The van der Waals surface area contributed by atoms with Crippen LogP contribution in [-0.4, -0.2) is 44.8 Å². The van der Waals surface area contributed by atoms with Gasteiger partial charge in [0.15, 0.2) is 16.6 Å². The SMILES string of the molecule is CC(C)(C)[Si](C)(C)OCCN(CO[Si](C)(C)C(C)(C)C)c1ccc2c(=O)c3ccc(O[Si](C)(C)C(C)(C)C)cc3oc2c1. The number of hydrogen-bond donors (Lipinski definition) is 0. The molecule has 6 nitrogen and oxygen atoms in total. The summed E-state index contributed by atoms with van der Waals surface area (Å²) in [5.41, 5.74) is 2.01. The maximum Gasteiger partial charge on any atom is 0.250 e. The molecule has 0 N–H and O–H groups in total. The lowest BCUT2D eigenvalue weighted by Gasteiger charge is -2.39. The van der Waals surface area contributed by atoms with E-state index in [4.69, 9.17) is 17.7 Å². The van der Waals surface area contributed by atoms with Crippen LogP contribution >= 0.6 is 0 Å². The first-order valence-corrected chi connectivity index (χ1v) is 24.3. The molecule has 0 saturated heterocycles. The molecular formula is C34H57NO5Si3. The van der Waals surface area contributed by atoms with Crippen LogP contribution in [0.2, 0.25) is 54.4 Å². The third-order valence-electron chi connectivity index (χ3n) is 10.2.